The van der Waals surface area contributed by atoms with Gasteiger partial charge in [0.05, 0.1) is 17.9 Å². The van der Waals surface area contributed by atoms with Crippen molar-refractivity contribution in [2.24, 2.45) is 0 Å². The largest absolute Gasteiger partial charge is 0.375 e. The Balaban J connectivity index is 1.93. The zero-order valence-corrected chi connectivity index (χ0v) is 11.7. The Hall–Kier alpha value is -1.49. The molecule has 1 heterocycles. The molecular formula is C15H19F2NO2. The van der Waals surface area contributed by atoms with Crippen LogP contribution in [0.1, 0.15) is 32.6 Å². The van der Waals surface area contributed by atoms with Gasteiger partial charge in [-0.25, -0.2) is 8.78 Å². The molecule has 0 bridgehead atoms. The first-order valence-corrected chi connectivity index (χ1v) is 6.84. The number of rotatable bonds is 4. The first-order valence-electron chi connectivity index (χ1n) is 6.84. The fraction of sp³-hybridized carbons (Fsp3) is 0.533. The molecule has 2 atom stereocenters. The molecule has 3 nitrogen and oxygen atoms in total. The van der Waals surface area contributed by atoms with E-state index in [1.807, 2.05) is 6.92 Å². The number of anilines is 1. The Bertz CT molecular complexity index is 493. The fourth-order valence-corrected chi connectivity index (χ4v) is 2.43. The minimum Gasteiger partial charge on any atom is -0.375 e. The maximum absolute atomic E-state index is 13.6. The van der Waals surface area contributed by atoms with Crippen LogP contribution in [0, 0.1) is 11.6 Å². The predicted molar refractivity (Wildman–Crippen MR) is 72.6 cm³/mol. The predicted octanol–water partition coefficient (Wildman–Crippen LogP) is 3.28. The third-order valence-corrected chi connectivity index (χ3v) is 3.64. The zero-order chi connectivity index (χ0) is 14.7. The summed E-state index contributed by atoms with van der Waals surface area (Å²) >= 11 is 0. The van der Waals surface area contributed by atoms with Gasteiger partial charge in [-0.2, -0.15) is 0 Å². The van der Waals surface area contributed by atoms with E-state index in [0.29, 0.717) is 6.42 Å². The Labute approximate surface area is 117 Å². The van der Waals surface area contributed by atoms with Crippen LogP contribution in [0.25, 0.3) is 0 Å². The SMILES string of the molecule is C[C@H]1CC[C@@H](CCC(=O)N(C)c2cc(F)ccc2F)O1. The number of benzene rings is 1. The summed E-state index contributed by atoms with van der Waals surface area (Å²) in [5.74, 6) is -1.40. The van der Waals surface area contributed by atoms with Gasteiger partial charge in [0, 0.05) is 19.5 Å². The summed E-state index contributed by atoms with van der Waals surface area (Å²) in [7, 11) is 1.46. The van der Waals surface area contributed by atoms with Crippen LogP contribution in [0.4, 0.5) is 14.5 Å². The Morgan fingerprint density at radius 1 is 1.40 bits per heavy atom. The van der Waals surface area contributed by atoms with E-state index in [9.17, 15) is 13.6 Å². The van der Waals surface area contributed by atoms with Gasteiger partial charge in [0.2, 0.25) is 5.91 Å². The number of carbonyl (C=O) groups is 1. The first-order chi connectivity index (χ1) is 9.47. The number of hydrogen-bond acceptors (Lipinski definition) is 2. The van der Waals surface area contributed by atoms with Crippen LogP contribution in [-0.4, -0.2) is 25.2 Å². The fourth-order valence-electron chi connectivity index (χ4n) is 2.43. The van der Waals surface area contributed by atoms with E-state index in [4.69, 9.17) is 4.74 Å². The highest BCUT2D eigenvalue weighted by Crippen LogP contribution is 2.24. The molecule has 1 aliphatic rings. The average Bonchev–Trinajstić information content (AvgIpc) is 2.83. The van der Waals surface area contributed by atoms with E-state index in [1.54, 1.807) is 0 Å². The van der Waals surface area contributed by atoms with Crippen LogP contribution in [0.5, 0.6) is 0 Å². The topological polar surface area (TPSA) is 29.5 Å². The highest BCUT2D eigenvalue weighted by atomic mass is 19.1. The van der Waals surface area contributed by atoms with Crippen LogP contribution in [0.2, 0.25) is 0 Å². The molecule has 0 saturated carbocycles. The van der Waals surface area contributed by atoms with E-state index >= 15 is 0 Å². The highest BCUT2D eigenvalue weighted by Gasteiger charge is 2.23. The minimum atomic E-state index is -0.604. The molecule has 20 heavy (non-hydrogen) atoms. The summed E-state index contributed by atoms with van der Waals surface area (Å²) in [6.07, 6.45) is 3.18. The molecule has 110 valence electrons. The zero-order valence-electron chi connectivity index (χ0n) is 11.7. The van der Waals surface area contributed by atoms with Crippen molar-refractivity contribution in [3.8, 4) is 0 Å². The molecule has 1 aromatic rings. The van der Waals surface area contributed by atoms with Crippen LogP contribution < -0.4 is 4.90 Å². The number of amides is 1. The smallest absolute Gasteiger partial charge is 0.226 e. The van der Waals surface area contributed by atoms with Crippen molar-refractivity contribution in [1.29, 1.82) is 0 Å². The molecule has 0 spiro atoms. The van der Waals surface area contributed by atoms with Crippen LogP contribution >= 0.6 is 0 Å². The lowest BCUT2D eigenvalue weighted by atomic mass is 10.1. The number of nitrogens with zero attached hydrogens (tertiary/aromatic N) is 1. The normalized spacial score (nSPS) is 22.0. The van der Waals surface area contributed by atoms with Crippen LogP contribution in [0.3, 0.4) is 0 Å². The lowest BCUT2D eigenvalue weighted by molar-refractivity contribution is -0.119. The number of carbonyl (C=O) groups excluding carboxylic acids is 1. The van der Waals surface area contributed by atoms with Gasteiger partial charge in [0.25, 0.3) is 0 Å². The standard InChI is InChI=1S/C15H19F2NO2/c1-10-3-5-12(20-10)6-8-15(19)18(2)14-9-11(16)4-7-13(14)17/h4,7,9-10,12H,3,5-6,8H2,1-2H3/t10-,12-/m0/s1. The molecule has 0 aromatic heterocycles. The summed E-state index contributed by atoms with van der Waals surface area (Å²) < 4.78 is 32.3. The Morgan fingerprint density at radius 3 is 2.80 bits per heavy atom. The number of hydrogen-bond donors (Lipinski definition) is 0. The molecule has 1 amide bonds. The van der Waals surface area contributed by atoms with Crippen LogP contribution in [-0.2, 0) is 9.53 Å². The van der Waals surface area contributed by atoms with Crippen molar-refractivity contribution in [2.75, 3.05) is 11.9 Å². The molecule has 1 aliphatic heterocycles. The van der Waals surface area contributed by atoms with Crippen molar-refractivity contribution in [3.63, 3.8) is 0 Å². The molecular weight excluding hydrogens is 264 g/mol. The van der Waals surface area contributed by atoms with E-state index in [2.05, 4.69) is 0 Å². The van der Waals surface area contributed by atoms with Gasteiger partial charge < -0.3 is 9.64 Å². The summed E-state index contributed by atoms with van der Waals surface area (Å²) in [6, 6.07) is 3.09. The maximum atomic E-state index is 13.6. The summed E-state index contributed by atoms with van der Waals surface area (Å²) in [5.41, 5.74) is -0.0318. The van der Waals surface area contributed by atoms with Crippen molar-refractivity contribution in [3.05, 3.63) is 29.8 Å². The summed E-state index contributed by atoms with van der Waals surface area (Å²) in [6.45, 7) is 2.01. The van der Waals surface area contributed by atoms with E-state index in [0.717, 1.165) is 35.9 Å². The maximum Gasteiger partial charge on any atom is 0.226 e. The Morgan fingerprint density at radius 2 is 2.15 bits per heavy atom. The molecule has 1 fully saturated rings. The van der Waals surface area contributed by atoms with Gasteiger partial charge in [0.15, 0.2) is 0 Å². The third-order valence-electron chi connectivity index (χ3n) is 3.64. The molecule has 0 N–H and O–H groups in total. The molecule has 0 radical (unpaired) electrons. The van der Waals surface area contributed by atoms with E-state index < -0.39 is 11.6 Å². The van der Waals surface area contributed by atoms with E-state index in [1.165, 1.54) is 7.05 Å². The molecule has 5 heteroatoms. The molecule has 2 rings (SSSR count). The summed E-state index contributed by atoms with van der Waals surface area (Å²) in [4.78, 5) is 13.2. The van der Waals surface area contributed by atoms with Crippen molar-refractivity contribution in [2.45, 2.75) is 44.8 Å². The lowest BCUT2D eigenvalue weighted by Crippen LogP contribution is -2.28. The van der Waals surface area contributed by atoms with Gasteiger partial charge in [-0.1, -0.05) is 0 Å². The van der Waals surface area contributed by atoms with Crippen LogP contribution in [0.15, 0.2) is 18.2 Å². The second-order valence-corrected chi connectivity index (χ2v) is 5.23. The highest BCUT2D eigenvalue weighted by molar-refractivity contribution is 5.92. The molecule has 1 aromatic carbocycles. The number of ether oxygens (including phenoxy) is 1. The van der Waals surface area contributed by atoms with Gasteiger partial charge in [-0.05, 0) is 38.3 Å². The van der Waals surface area contributed by atoms with E-state index in [-0.39, 0.29) is 30.2 Å². The molecule has 0 aliphatic carbocycles. The van der Waals surface area contributed by atoms with Gasteiger partial charge in [0.1, 0.15) is 11.6 Å². The number of halogens is 2. The Kier molecular flexibility index (Phi) is 4.70. The monoisotopic (exact) mass is 283 g/mol. The van der Waals surface area contributed by atoms with Gasteiger partial charge >= 0.3 is 0 Å². The third kappa shape index (κ3) is 3.54. The summed E-state index contributed by atoms with van der Waals surface area (Å²) in [5, 5.41) is 0. The first kappa shape index (κ1) is 14.9. The average molecular weight is 283 g/mol. The van der Waals surface area contributed by atoms with Crippen molar-refractivity contribution in [1.82, 2.24) is 0 Å². The molecule has 1 saturated heterocycles. The second-order valence-electron chi connectivity index (χ2n) is 5.23. The van der Waals surface area contributed by atoms with Crippen molar-refractivity contribution >= 4 is 11.6 Å². The lowest BCUT2D eigenvalue weighted by Gasteiger charge is -2.19. The van der Waals surface area contributed by atoms with Gasteiger partial charge in [-0.15, -0.1) is 0 Å². The quantitative estimate of drug-likeness (QED) is 0.848. The van der Waals surface area contributed by atoms with Crippen molar-refractivity contribution < 1.29 is 18.3 Å². The van der Waals surface area contributed by atoms with Gasteiger partial charge in [-0.3, -0.25) is 4.79 Å². The molecule has 0 unspecified atom stereocenters. The second kappa shape index (κ2) is 6.31. The minimum absolute atomic E-state index is 0.0318.